The SMILES string of the molecule is c1ccc2cc(-c3nc(-c4ccc(-c5ccc(-c6cc(-c7ccc(-c8cccc9cccnc89)cc7)nc(-c7ccc8ccccc8c7)n6)cc5)cc4)cc(-c4ccc(-c5cccc6cccnc56)cc4)n3)ccc2c1. The maximum Gasteiger partial charge on any atom is 0.160 e. The molecule has 0 saturated heterocycles. The van der Waals surface area contributed by atoms with Crippen LogP contribution in [0.1, 0.15) is 0 Å². The lowest BCUT2D eigenvalue weighted by atomic mass is 9.98. The number of fused-ring (bicyclic) bond motifs is 4. The fourth-order valence-electron chi connectivity index (χ4n) is 10.4. The van der Waals surface area contributed by atoms with Crippen LogP contribution in [0.15, 0.2) is 267 Å². The topological polar surface area (TPSA) is 77.3 Å². The first-order valence-corrected chi connectivity index (χ1v) is 25.5. The van der Waals surface area contributed by atoms with Gasteiger partial charge in [-0.3, -0.25) is 9.97 Å². The lowest BCUT2D eigenvalue weighted by Crippen LogP contribution is -1.96. The predicted octanol–water partition coefficient (Wildman–Crippen LogP) is 17.7. The Balaban J connectivity index is 0.791. The van der Waals surface area contributed by atoms with Crippen LogP contribution in [0.5, 0.6) is 0 Å². The molecule has 0 aliphatic heterocycles. The Labute approximate surface area is 439 Å². The zero-order valence-electron chi connectivity index (χ0n) is 41.1. The summed E-state index contributed by atoms with van der Waals surface area (Å²) in [6, 6.07) is 89.2. The molecule has 6 heteroatoms. The lowest BCUT2D eigenvalue weighted by Gasteiger charge is -2.12. The molecule has 76 heavy (non-hydrogen) atoms. The maximum atomic E-state index is 5.22. The number of aromatic nitrogens is 6. The Morgan fingerprint density at radius 2 is 0.500 bits per heavy atom. The largest absolute Gasteiger partial charge is 0.256 e. The molecule has 0 aliphatic rings. The average Bonchev–Trinajstić information content (AvgIpc) is 3.50. The summed E-state index contributed by atoms with van der Waals surface area (Å²) in [6.45, 7) is 0. The second-order valence-electron chi connectivity index (χ2n) is 19.1. The summed E-state index contributed by atoms with van der Waals surface area (Å²) >= 11 is 0. The van der Waals surface area contributed by atoms with Gasteiger partial charge in [-0.15, -0.1) is 0 Å². The summed E-state index contributed by atoms with van der Waals surface area (Å²) in [7, 11) is 0. The molecule has 0 unspecified atom stereocenters. The van der Waals surface area contributed by atoms with Crippen molar-refractivity contribution in [3.63, 3.8) is 0 Å². The molecule has 4 aromatic heterocycles. The first kappa shape index (κ1) is 44.4. The van der Waals surface area contributed by atoms with Crippen LogP contribution >= 0.6 is 0 Å². The van der Waals surface area contributed by atoms with Crippen molar-refractivity contribution in [2.45, 2.75) is 0 Å². The summed E-state index contributed by atoms with van der Waals surface area (Å²) in [4.78, 5) is 30.3. The fourth-order valence-corrected chi connectivity index (χ4v) is 10.4. The maximum absolute atomic E-state index is 5.22. The van der Waals surface area contributed by atoms with Gasteiger partial charge in [-0.05, 0) is 80.2 Å². The molecule has 4 heterocycles. The van der Waals surface area contributed by atoms with Gasteiger partial charge in [0.2, 0.25) is 0 Å². The average molecular weight is 969 g/mol. The van der Waals surface area contributed by atoms with Crippen LogP contribution in [0.25, 0.3) is 145 Å². The highest BCUT2D eigenvalue weighted by Crippen LogP contribution is 2.36. The van der Waals surface area contributed by atoms with E-state index in [9.17, 15) is 0 Å². The van der Waals surface area contributed by atoms with Crippen molar-refractivity contribution in [2.75, 3.05) is 0 Å². The molecular weight excluding hydrogens is 925 g/mol. The van der Waals surface area contributed by atoms with E-state index in [0.717, 1.165) is 122 Å². The molecule has 0 saturated carbocycles. The normalized spacial score (nSPS) is 11.4. The van der Waals surface area contributed by atoms with E-state index in [4.69, 9.17) is 29.9 Å². The molecule has 0 N–H and O–H groups in total. The Hall–Kier alpha value is -10.3. The minimum absolute atomic E-state index is 0.674. The standard InChI is InChI=1S/C70H44N6/c1-3-11-57-41-59(37-23-45(57)9-1)69-73-63(43-65(75-69)53-33-25-49(26-34-53)61-17-5-13-55-15-7-39-71-67(55)61)51-29-19-47(20-30-51)48-21-31-52(32-22-48)64-44-66(76-70(74-64)60-38-24-46-10-2-4-12-58(46)42-60)54-35-27-50(28-36-54)62-18-6-14-56-16-8-40-72-68(56)62/h1-44H. The highest BCUT2D eigenvalue weighted by molar-refractivity contribution is 5.95. The predicted molar refractivity (Wildman–Crippen MR) is 312 cm³/mol. The van der Waals surface area contributed by atoms with Gasteiger partial charge in [0.15, 0.2) is 11.6 Å². The van der Waals surface area contributed by atoms with Gasteiger partial charge in [0, 0.05) is 67.7 Å². The molecule has 0 atom stereocenters. The number of hydrogen-bond donors (Lipinski definition) is 0. The van der Waals surface area contributed by atoms with Gasteiger partial charge in [-0.2, -0.15) is 0 Å². The van der Waals surface area contributed by atoms with Crippen molar-refractivity contribution in [3.8, 4) is 101 Å². The molecule has 354 valence electrons. The minimum atomic E-state index is 0.674. The molecule has 6 nitrogen and oxygen atoms in total. The van der Waals surface area contributed by atoms with E-state index in [1.54, 1.807) is 0 Å². The van der Waals surface area contributed by atoms with E-state index in [2.05, 4.69) is 243 Å². The summed E-state index contributed by atoms with van der Waals surface area (Å²) in [6.07, 6.45) is 3.70. The fraction of sp³-hybridized carbons (Fsp3) is 0. The van der Waals surface area contributed by atoms with Crippen molar-refractivity contribution in [1.29, 1.82) is 0 Å². The van der Waals surface area contributed by atoms with Crippen molar-refractivity contribution in [1.82, 2.24) is 29.9 Å². The number of pyridine rings is 2. The van der Waals surface area contributed by atoms with E-state index >= 15 is 0 Å². The van der Waals surface area contributed by atoms with Gasteiger partial charge in [-0.25, -0.2) is 19.9 Å². The number of rotatable bonds is 9. The zero-order valence-corrected chi connectivity index (χ0v) is 41.1. The highest BCUT2D eigenvalue weighted by atomic mass is 14.9. The summed E-state index contributed by atoms with van der Waals surface area (Å²) in [5.74, 6) is 1.35. The van der Waals surface area contributed by atoms with Gasteiger partial charge in [0.1, 0.15) is 0 Å². The van der Waals surface area contributed by atoms with Crippen molar-refractivity contribution < 1.29 is 0 Å². The van der Waals surface area contributed by atoms with Crippen LogP contribution in [0.4, 0.5) is 0 Å². The van der Waals surface area contributed by atoms with Gasteiger partial charge in [0.25, 0.3) is 0 Å². The van der Waals surface area contributed by atoms with Crippen molar-refractivity contribution in [3.05, 3.63) is 267 Å². The Morgan fingerprint density at radius 3 is 0.882 bits per heavy atom. The summed E-state index contributed by atoms with van der Waals surface area (Å²) < 4.78 is 0. The summed E-state index contributed by atoms with van der Waals surface area (Å²) in [5.41, 5.74) is 17.9. The second kappa shape index (κ2) is 19.0. The Bertz CT molecular complexity index is 4190. The van der Waals surface area contributed by atoms with Crippen LogP contribution in [-0.4, -0.2) is 29.9 Å². The molecule has 10 aromatic carbocycles. The molecule has 0 amide bonds. The van der Waals surface area contributed by atoms with Crippen molar-refractivity contribution >= 4 is 43.4 Å². The first-order chi connectivity index (χ1) is 37.6. The third-order valence-corrected chi connectivity index (χ3v) is 14.4. The number of nitrogens with zero attached hydrogens (tertiary/aromatic N) is 6. The first-order valence-electron chi connectivity index (χ1n) is 25.5. The van der Waals surface area contributed by atoms with Crippen LogP contribution < -0.4 is 0 Å². The molecule has 0 fully saturated rings. The molecule has 0 spiro atoms. The number of hydrogen-bond acceptors (Lipinski definition) is 6. The molecule has 14 aromatic rings. The van der Waals surface area contributed by atoms with Crippen LogP contribution in [0.2, 0.25) is 0 Å². The van der Waals surface area contributed by atoms with Crippen molar-refractivity contribution in [2.24, 2.45) is 0 Å². The van der Waals surface area contributed by atoms with Gasteiger partial charge < -0.3 is 0 Å². The third-order valence-electron chi connectivity index (χ3n) is 14.4. The molecular formula is C70H44N6. The Morgan fingerprint density at radius 1 is 0.197 bits per heavy atom. The van der Waals surface area contributed by atoms with Crippen LogP contribution in [-0.2, 0) is 0 Å². The molecule has 0 aliphatic carbocycles. The number of para-hydroxylation sites is 2. The zero-order chi connectivity index (χ0) is 50.4. The van der Waals surface area contributed by atoms with E-state index in [1.807, 2.05) is 24.5 Å². The molecule has 0 radical (unpaired) electrons. The molecule has 14 rings (SSSR count). The molecule has 0 bridgehead atoms. The smallest absolute Gasteiger partial charge is 0.160 e. The van der Waals surface area contributed by atoms with E-state index in [-0.39, 0.29) is 0 Å². The lowest BCUT2D eigenvalue weighted by molar-refractivity contribution is 1.18. The van der Waals surface area contributed by atoms with E-state index in [1.165, 1.54) is 10.8 Å². The van der Waals surface area contributed by atoms with Crippen LogP contribution in [0.3, 0.4) is 0 Å². The van der Waals surface area contributed by atoms with Gasteiger partial charge in [0.05, 0.1) is 33.8 Å². The monoisotopic (exact) mass is 968 g/mol. The van der Waals surface area contributed by atoms with Gasteiger partial charge >= 0.3 is 0 Å². The Kier molecular flexibility index (Phi) is 11.1. The highest BCUT2D eigenvalue weighted by Gasteiger charge is 2.16. The second-order valence-corrected chi connectivity index (χ2v) is 19.1. The quantitative estimate of drug-likeness (QED) is 0.143. The number of benzene rings is 10. The minimum Gasteiger partial charge on any atom is -0.256 e. The van der Waals surface area contributed by atoms with Gasteiger partial charge in [-0.1, -0.05) is 218 Å². The van der Waals surface area contributed by atoms with Crippen LogP contribution in [0, 0.1) is 0 Å². The summed E-state index contributed by atoms with van der Waals surface area (Å²) in [5, 5.41) is 6.87. The van der Waals surface area contributed by atoms with E-state index < -0.39 is 0 Å². The third kappa shape index (κ3) is 8.49. The van der Waals surface area contributed by atoms with E-state index in [0.29, 0.717) is 11.6 Å².